The van der Waals surface area contributed by atoms with Crippen LogP contribution in [0.4, 0.5) is 0 Å². The Labute approximate surface area is 93.3 Å². The van der Waals surface area contributed by atoms with Gasteiger partial charge in [0.05, 0.1) is 9.58 Å². The number of aromatic hydroxyl groups is 1. The minimum absolute atomic E-state index is 0.239. The number of alkyl halides is 1. The Morgan fingerprint density at radius 3 is 2.93 bits per heavy atom. The Morgan fingerprint density at radius 2 is 2.29 bits per heavy atom. The van der Waals surface area contributed by atoms with Gasteiger partial charge >= 0.3 is 0 Å². The van der Waals surface area contributed by atoms with Crippen LogP contribution >= 0.6 is 27.3 Å². The van der Waals surface area contributed by atoms with E-state index in [4.69, 9.17) is 0 Å². The predicted octanol–water partition coefficient (Wildman–Crippen LogP) is 3.31. The van der Waals surface area contributed by atoms with Gasteiger partial charge in [0, 0.05) is 10.7 Å². The number of carbonyl (C=O) groups is 1. The summed E-state index contributed by atoms with van der Waals surface area (Å²) < 4.78 is 0.782. The Bertz CT molecular complexity index is 490. The van der Waals surface area contributed by atoms with Gasteiger partial charge in [0.2, 0.25) is 0 Å². The Kier molecular flexibility index (Phi) is 2.56. The summed E-state index contributed by atoms with van der Waals surface area (Å²) in [6.45, 7) is 0. The number of benzene rings is 1. The summed E-state index contributed by atoms with van der Waals surface area (Å²) >= 11 is 4.68. The van der Waals surface area contributed by atoms with Crippen LogP contribution in [-0.4, -0.2) is 11.4 Å². The molecular weight excluding hydrogens is 264 g/mol. The summed E-state index contributed by atoms with van der Waals surface area (Å²) in [5.41, 5.74) is 1.09. The van der Waals surface area contributed by atoms with Crippen LogP contribution in [0, 0.1) is 0 Å². The van der Waals surface area contributed by atoms with Crippen LogP contribution in [-0.2, 0) is 5.33 Å². The van der Waals surface area contributed by atoms with Gasteiger partial charge in [0.15, 0.2) is 6.29 Å². The van der Waals surface area contributed by atoms with Crippen molar-refractivity contribution in [1.29, 1.82) is 0 Å². The molecule has 0 saturated heterocycles. The summed E-state index contributed by atoms with van der Waals surface area (Å²) in [4.78, 5) is 11.2. The molecule has 2 aromatic rings. The molecular formula is C10H7BrO2S. The average molecular weight is 271 g/mol. The first-order valence-corrected chi connectivity index (χ1v) is 5.95. The Balaban J connectivity index is 2.81. The maximum absolute atomic E-state index is 10.6. The second kappa shape index (κ2) is 3.71. The molecule has 0 unspecified atom stereocenters. The molecule has 0 saturated carbocycles. The molecule has 0 radical (unpaired) electrons. The summed E-state index contributed by atoms with van der Waals surface area (Å²) in [6, 6.07) is 5.32. The first-order chi connectivity index (χ1) is 6.76. The second-order valence-corrected chi connectivity index (χ2v) is 4.53. The lowest BCUT2D eigenvalue weighted by Gasteiger charge is -1.99. The van der Waals surface area contributed by atoms with Crippen LogP contribution in [0.25, 0.3) is 10.1 Å². The quantitative estimate of drug-likeness (QED) is 0.672. The van der Waals surface area contributed by atoms with E-state index in [2.05, 4.69) is 15.9 Å². The zero-order chi connectivity index (χ0) is 10.1. The van der Waals surface area contributed by atoms with Crippen LogP contribution in [0.2, 0.25) is 0 Å². The molecule has 1 aromatic carbocycles. The van der Waals surface area contributed by atoms with Gasteiger partial charge in [-0.15, -0.1) is 11.3 Å². The highest BCUT2D eigenvalue weighted by molar-refractivity contribution is 9.08. The van der Waals surface area contributed by atoms with E-state index in [0.29, 0.717) is 4.88 Å². The van der Waals surface area contributed by atoms with Crippen molar-refractivity contribution in [2.24, 2.45) is 0 Å². The van der Waals surface area contributed by atoms with E-state index < -0.39 is 0 Å². The van der Waals surface area contributed by atoms with E-state index in [1.165, 1.54) is 11.3 Å². The zero-order valence-corrected chi connectivity index (χ0v) is 9.56. The van der Waals surface area contributed by atoms with Crippen LogP contribution in [0.3, 0.4) is 0 Å². The summed E-state index contributed by atoms with van der Waals surface area (Å²) in [5.74, 6) is 0.239. The topological polar surface area (TPSA) is 37.3 Å². The minimum Gasteiger partial charge on any atom is -0.506 e. The van der Waals surface area contributed by atoms with Crippen LogP contribution in [0.15, 0.2) is 18.2 Å². The van der Waals surface area contributed by atoms with E-state index in [1.54, 1.807) is 6.07 Å². The lowest BCUT2D eigenvalue weighted by Crippen LogP contribution is -1.77. The van der Waals surface area contributed by atoms with E-state index >= 15 is 0 Å². The lowest BCUT2D eigenvalue weighted by molar-refractivity contribution is 0.112. The third-order valence-corrected chi connectivity index (χ3v) is 3.72. The van der Waals surface area contributed by atoms with Gasteiger partial charge in [0.25, 0.3) is 0 Å². The molecule has 1 N–H and O–H groups in total. The molecule has 72 valence electrons. The van der Waals surface area contributed by atoms with E-state index in [0.717, 1.165) is 27.3 Å². The highest BCUT2D eigenvalue weighted by Crippen LogP contribution is 2.35. The number of carbonyl (C=O) groups excluding carboxylic acids is 1. The minimum atomic E-state index is 0.239. The molecule has 1 heterocycles. The predicted molar refractivity (Wildman–Crippen MR) is 61.5 cm³/mol. The SMILES string of the molecule is O=Cc1cc2c(CBr)ccc(O)c2s1. The number of phenolic OH excluding ortho intramolecular Hbond substituents is 1. The van der Waals surface area contributed by atoms with Crippen LogP contribution in [0.5, 0.6) is 5.75 Å². The first kappa shape index (κ1) is 9.68. The Morgan fingerprint density at radius 1 is 1.50 bits per heavy atom. The fourth-order valence-electron chi connectivity index (χ4n) is 1.36. The molecule has 2 nitrogen and oxygen atoms in total. The second-order valence-electron chi connectivity index (χ2n) is 2.89. The van der Waals surface area contributed by atoms with Crippen molar-refractivity contribution in [2.75, 3.05) is 0 Å². The maximum Gasteiger partial charge on any atom is 0.160 e. The molecule has 4 heteroatoms. The van der Waals surface area contributed by atoms with Crippen molar-refractivity contribution in [1.82, 2.24) is 0 Å². The highest BCUT2D eigenvalue weighted by atomic mass is 79.9. The first-order valence-electron chi connectivity index (χ1n) is 4.02. The highest BCUT2D eigenvalue weighted by Gasteiger charge is 2.08. The van der Waals surface area contributed by atoms with E-state index in [9.17, 15) is 9.90 Å². The third kappa shape index (κ3) is 1.44. The number of aldehydes is 1. The molecule has 0 aliphatic rings. The standard InChI is InChI=1S/C10H7BrO2S/c11-4-6-1-2-9(13)10-8(6)3-7(5-12)14-10/h1-3,5,13H,4H2. The molecule has 1 aromatic heterocycles. The number of halogens is 1. The summed E-state index contributed by atoms with van der Waals surface area (Å²) in [6.07, 6.45) is 0.808. The zero-order valence-electron chi connectivity index (χ0n) is 7.16. The van der Waals surface area contributed by atoms with Gasteiger partial charge in [-0.3, -0.25) is 4.79 Å². The largest absolute Gasteiger partial charge is 0.506 e. The van der Waals surface area contributed by atoms with Crippen molar-refractivity contribution in [2.45, 2.75) is 5.33 Å². The summed E-state index contributed by atoms with van der Waals surface area (Å²) in [5, 5.41) is 11.3. The average Bonchev–Trinajstić information content (AvgIpc) is 2.63. The van der Waals surface area contributed by atoms with Gasteiger partial charge in [0.1, 0.15) is 5.75 Å². The van der Waals surface area contributed by atoms with Crippen molar-refractivity contribution >= 4 is 43.6 Å². The lowest BCUT2D eigenvalue weighted by atomic mass is 10.1. The third-order valence-electron chi connectivity index (χ3n) is 2.03. The number of hydrogen-bond donors (Lipinski definition) is 1. The fraction of sp³-hybridized carbons (Fsp3) is 0.100. The summed E-state index contributed by atoms with van der Waals surface area (Å²) in [7, 11) is 0. The smallest absolute Gasteiger partial charge is 0.160 e. The molecule has 0 aliphatic heterocycles. The molecule has 0 bridgehead atoms. The van der Waals surface area contributed by atoms with Gasteiger partial charge in [-0.25, -0.2) is 0 Å². The molecule has 0 fully saturated rings. The van der Waals surface area contributed by atoms with E-state index in [-0.39, 0.29) is 5.75 Å². The number of fused-ring (bicyclic) bond motifs is 1. The number of phenols is 1. The molecule has 14 heavy (non-hydrogen) atoms. The maximum atomic E-state index is 10.6. The molecule has 0 atom stereocenters. The van der Waals surface area contributed by atoms with Gasteiger partial charge in [-0.2, -0.15) is 0 Å². The number of thiophene rings is 1. The van der Waals surface area contributed by atoms with Gasteiger partial charge in [-0.1, -0.05) is 22.0 Å². The van der Waals surface area contributed by atoms with E-state index in [1.807, 2.05) is 12.1 Å². The normalized spacial score (nSPS) is 10.6. The monoisotopic (exact) mass is 270 g/mol. The molecule has 0 amide bonds. The molecule has 0 spiro atoms. The van der Waals surface area contributed by atoms with Gasteiger partial charge in [-0.05, 0) is 17.7 Å². The van der Waals surface area contributed by atoms with Crippen LogP contribution < -0.4 is 0 Å². The molecule has 0 aliphatic carbocycles. The molecule has 2 rings (SSSR count). The fourth-order valence-corrected chi connectivity index (χ4v) is 2.78. The van der Waals surface area contributed by atoms with Crippen molar-refractivity contribution in [3.05, 3.63) is 28.6 Å². The Hall–Kier alpha value is -0.870. The van der Waals surface area contributed by atoms with Crippen molar-refractivity contribution in [3.63, 3.8) is 0 Å². The van der Waals surface area contributed by atoms with Crippen molar-refractivity contribution < 1.29 is 9.90 Å². The van der Waals surface area contributed by atoms with Crippen molar-refractivity contribution in [3.8, 4) is 5.75 Å². The van der Waals surface area contributed by atoms with Gasteiger partial charge < -0.3 is 5.11 Å². The number of rotatable bonds is 2. The number of hydrogen-bond acceptors (Lipinski definition) is 3. The van der Waals surface area contributed by atoms with Crippen LogP contribution in [0.1, 0.15) is 15.2 Å².